The molecule has 0 saturated heterocycles. The van der Waals surface area contributed by atoms with Crippen molar-refractivity contribution in [1.82, 2.24) is 4.90 Å². The molecule has 0 bridgehead atoms. The molecule has 4 heteroatoms. The molecule has 37 heavy (non-hydrogen) atoms. The number of ether oxygens (including phenoxy) is 2. The molecule has 0 amide bonds. The second-order valence-electron chi connectivity index (χ2n) is 7.66. The van der Waals surface area contributed by atoms with Crippen LogP contribution < -0.4 is 0 Å². The lowest BCUT2D eigenvalue weighted by Gasteiger charge is -2.14. The van der Waals surface area contributed by atoms with Gasteiger partial charge in [0, 0.05) is 13.0 Å². The van der Waals surface area contributed by atoms with Crippen molar-refractivity contribution >= 4 is 5.97 Å². The number of rotatable bonds is 16. The maximum absolute atomic E-state index is 11.7. The van der Waals surface area contributed by atoms with E-state index in [4.69, 9.17) is 9.47 Å². The Morgan fingerprint density at radius 1 is 0.730 bits per heavy atom. The Hall–Kier alpha value is -1.39. The summed E-state index contributed by atoms with van der Waals surface area (Å²) in [6, 6.07) is 10.3. The van der Waals surface area contributed by atoms with Gasteiger partial charge in [0.1, 0.15) is 0 Å². The molecule has 1 rings (SSSR count). The van der Waals surface area contributed by atoms with Crippen LogP contribution >= 0.6 is 0 Å². The van der Waals surface area contributed by atoms with E-state index in [0.717, 1.165) is 38.8 Å². The zero-order chi connectivity index (χ0) is 29.7. The van der Waals surface area contributed by atoms with Crippen molar-refractivity contribution in [2.24, 2.45) is 0 Å². The van der Waals surface area contributed by atoms with Crippen LogP contribution in [-0.4, -0.2) is 44.2 Å². The smallest absolute Gasteiger partial charge is 0.306 e. The lowest BCUT2D eigenvalue weighted by molar-refractivity contribution is -0.148. The molecule has 0 heterocycles. The van der Waals surface area contributed by atoms with Crippen molar-refractivity contribution in [3.63, 3.8) is 0 Å². The maximum atomic E-state index is 11.7. The van der Waals surface area contributed by atoms with Crippen LogP contribution in [0, 0.1) is 0 Å². The van der Waals surface area contributed by atoms with Crippen molar-refractivity contribution in [3.8, 4) is 0 Å². The number of hydrogen-bond donors (Lipinski definition) is 0. The lowest BCUT2D eigenvalue weighted by atomic mass is 10.1. The predicted molar refractivity (Wildman–Crippen MR) is 168 cm³/mol. The topological polar surface area (TPSA) is 38.8 Å². The second kappa shape index (κ2) is 44.6. The minimum absolute atomic E-state index is 0.0447. The summed E-state index contributed by atoms with van der Waals surface area (Å²) < 4.78 is 11.2. The van der Waals surface area contributed by atoms with Crippen LogP contribution in [0.15, 0.2) is 30.3 Å². The molecule has 4 nitrogen and oxygen atoms in total. The summed E-state index contributed by atoms with van der Waals surface area (Å²) in [5.74, 6) is -0.0557. The number of nitrogens with zero attached hydrogens (tertiary/aromatic N) is 1. The summed E-state index contributed by atoms with van der Waals surface area (Å²) in [6.45, 7) is 24.5. The third-order valence-electron chi connectivity index (χ3n) is 4.58. The van der Waals surface area contributed by atoms with Gasteiger partial charge >= 0.3 is 5.97 Å². The van der Waals surface area contributed by atoms with Gasteiger partial charge in [0.2, 0.25) is 0 Å². The predicted octanol–water partition coefficient (Wildman–Crippen LogP) is 10.3. The summed E-state index contributed by atoms with van der Waals surface area (Å²) in [6.07, 6.45) is 9.63. The van der Waals surface area contributed by atoms with Gasteiger partial charge in [0.05, 0.1) is 12.7 Å². The third kappa shape index (κ3) is 42.0. The Bertz CT molecular complexity index is 478. The second-order valence-corrected chi connectivity index (χ2v) is 7.66. The fraction of sp³-hybridized carbons (Fsp3) is 0.788. The van der Waals surface area contributed by atoms with Crippen LogP contribution in [0.1, 0.15) is 140 Å². The van der Waals surface area contributed by atoms with Crippen molar-refractivity contribution < 1.29 is 14.3 Å². The molecule has 1 unspecified atom stereocenters. The molecule has 1 atom stereocenters. The highest BCUT2D eigenvalue weighted by Gasteiger charge is 2.09. The first-order valence-electron chi connectivity index (χ1n) is 15.5. The van der Waals surface area contributed by atoms with Gasteiger partial charge in [0.25, 0.3) is 0 Å². The van der Waals surface area contributed by atoms with Crippen molar-refractivity contribution in [2.45, 2.75) is 147 Å². The van der Waals surface area contributed by atoms with Crippen molar-refractivity contribution in [2.75, 3.05) is 27.2 Å². The number of unbranched alkanes of at least 4 members (excludes halogenated alkanes) is 5. The normalized spacial score (nSPS) is 9.78. The zero-order valence-corrected chi connectivity index (χ0v) is 27.6. The molecule has 0 aromatic heterocycles. The first-order valence-corrected chi connectivity index (χ1v) is 15.5. The number of hydrogen-bond acceptors (Lipinski definition) is 4. The monoisotopic (exact) mass is 528 g/mol. The Morgan fingerprint density at radius 2 is 1.22 bits per heavy atom. The van der Waals surface area contributed by atoms with Gasteiger partial charge < -0.3 is 14.4 Å². The largest absolute Gasteiger partial charge is 0.463 e. The molecule has 1 aromatic rings. The van der Waals surface area contributed by atoms with E-state index in [9.17, 15) is 4.79 Å². The number of benzene rings is 1. The van der Waals surface area contributed by atoms with E-state index < -0.39 is 0 Å². The van der Waals surface area contributed by atoms with Crippen molar-refractivity contribution in [1.29, 1.82) is 0 Å². The standard InChI is InChI=1S/C23H39NO3.5C2H6/c1-21(27-23(25)17-13-18-24(2)3)14-9-6-4-5-7-12-19-26-20-22-15-10-8-11-16-22;5*1-2/h8,10-11,15-16,21H,4-7,9,12-14,17-20H2,1-3H3;5*1-2H3. The van der Waals surface area contributed by atoms with Gasteiger partial charge in [0.15, 0.2) is 0 Å². The molecule has 224 valence electrons. The molecule has 0 radical (unpaired) electrons. The third-order valence-corrected chi connectivity index (χ3v) is 4.58. The highest BCUT2D eigenvalue weighted by atomic mass is 16.5. The van der Waals surface area contributed by atoms with Gasteiger partial charge in [-0.1, -0.05) is 125 Å². The van der Waals surface area contributed by atoms with Gasteiger partial charge in [-0.3, -0.25) is 4.79 Å². The Labute approximate surface area is 234 Å². The Morgan fingerprint density at radius 3 is 1.73 bits per heavy atom. The van der Waals surface area contributed by atoms with Gasteiger partial charge in [-0.15, -0.1) is 0 Å². The Balaban J connectivity index is -0.000000303. The van der Waals surface area contributed by atoms with Crippen molar-refractivity contribution in [3.05, 3.63) is 35.9 Å². The van der Waals surface area contributed by atoms with Crippen LogP contribution in [-0.2, 0) is 20.9 Å². The molecule has 0 saturated carbocycles. The zero-order valence-electron chi connectivity index (χ0n) is 27.6. The fourth-order valence-electron chi connectivity index (χ4n) is 2.99. The van der Waals surface area contributed by atoms with Crippen LogP contribution in [0.3, 0.4) is 0 Å². The van der Waals surface area contributed by atoms with Crippen LogP contribution in [0.2, 0.25) is 0 Å². The van der Waals surface area contributed by atoms with Crippen LogP contribution in [0.4, 0.5) is 0 Å². The number of esters is 1. The summed E-state index contributed by atoms with van der Waals surface area (Å²) in [5, 5.41) is 0. The Kier molecular flexibility index (Phi) is 54.9. The molecule has 0 N–H and O–H groups in total. The first kappa shape index (κ1) is 45.5. The van der Waals surface area contributed by atoms with E-state index in [-0.39, 0.29) is 12.1 Å². The van der Waals surface area contributed by atoms with Crippen LogP contribution in [0.25, 0.3) is 0 Å². The van der Waals surface area contributed by atoms with Crippen LogP contribution in [0.5, 0.6) is 0 Å². The summed E-state index contributed by atoms with van der Waals surface area (Å²) in [5.41, 5.74) is 1.24. The van der Waals surface area contributed by atoms with E-state index in [2.05, 4.69) is 17.0 Å². The average Bonchev–Trinajstić information content (AvgIpc) is 2.95. The maximum Gasteiger partial charge on any atom is 0.306 e. The first-order chi connectivity index (χ1) is 18.1. The quantitative estimate of drug-likeness (QED) is 0.158. The fourth-order valence-corrected chi connectivity index (χ4v) is 2.99. The van der Waals surface area contributed by atoms with E-state index in [1.165, 1.54) is 31.2 Å². The molecule has 1 aromatic carbocycles. The summed E-state index contributed by atoms with van der Waals surface area (Å²) >= 11 is 0. The number of carbonyl (C=O) groups excluding carboxylic acids is 1. The van der Waals surface area contributed by atoms with E-state index >= 15 is 0 Å². The van der Waals surface area contributed by atoms with E-state index in [1.807, 2.05) is 108 Å². The molecule has 0 aliphatic carbocycles. The molecule has 0 fully saturated rings. The molecule has 0 spiro atoms. The average molecular weight is 528 g/mol. The molecular weight excluding hydrogens is 458 g/mol. The highest BCUT2D eigenvalue weighted by Crippen LogP contribution is 2.11. The minimum atomic E-state index is -0.0557. The van der Waals surface area contributed by atoms with Gasteiger partial charge in [-0.2, -0.15) is 0 Å². The van der Waals surface area contributed by atoms with Gasteiger partial charge in [-0.05, 0) is 58.8 Å². The molecule has 0 aliphatic heterocycles. The SMILES string of the molecule is CC.CC.CC.CC.CC.CC(CCCCCCCCOCc1ccccc1)OC(=O)CCCN(C)C. The molecular formula is C33H69NO3. The lowest BCUT2D eigenvalue weighted by Crippen LogP contribution is -2.18. The summed E-state index contributed by atoms with van der Waals surface area (Å²) in [7, 11) is 4.04. The van der Waals surface area contributed by atoms with Gasteiger partial charge in [-0.25, -0.2) is 0 Å². The highest BCUT2D eigenvalue weighted by molar-refractivity contribution is 5.69. The van der Waals surface area contributed by atoms with E-state index in [1.54, 1.807) is 0 Å². The van der Waals surface area contributed by atoms with E-state index in [0.29, 0.717) is 13.0 Å². The minimum Gasteiger partial charge on any atom is -0.463 e. The molecule has 0 aliphatic rings. The number of carbonyl (C=O) groups is 1. The summed E-state index contributed by atoms with van der Waals surface area (Å²) in [4.78, 5) is 13.8.